The molecule has 0 bridgehead atoms. The van der Waals surface area contributed by atoms with Crippen LogP contribution in [0.25, 0.3) is 5.82 Å². The van der Waals surface area contributed by atoms with Gasteiger partial charge in [-0.15, -0.1) is 0 Å². The molecule has 30 heavy (non-hydrogen) atoms. The number of hydrogen-bond acceptors (Lipinski definition) is 3. The minimum absolute atomic E-state index is 0.104. The molecule has 5 nitrogen and oxygen atoms in total. The zero-order valence-electron chi connectivity index (χ0n) is 17.4. The highest BCUT2D eigenvalue weighted by atomic mass is 19.1. The Labute approximate surface area is 176 Å². The van der Waals surface area contributed by atoms with E-state index < -0.39 is 0 Å². The van der Waals surface area contributed by atoms with E-state index in [1.54, 1.807) is 17.1 Å². The Balaban J connectivity index is 1.58. The van der Waals surface area contributed by atoms with E-state index in [1.165, 1.54) is 12.1 Å². The first-order chi connectivity index (χ1) is 14.5. The molecule has 1 aliphatic rings. The zero-order chi connectivity index (χ0) is 21.1. The lowest BCUT2D eigenvalue weighted by atomic mass is 9.78. The molecule has 156 valence electrons. The Hall–Kier alpha value is -3.02. The van der Waals surface area contributed by atoms with Gasteiger partial charge in [-0.3, -0.25) is 4.79 Å². The van der Waals surface area contributed by atoms with E-state index in [1.807, 2.05) is 44.2 Å². The van der Waals surface area contributed by atoms with Crippen LogP contribution in [0.5, 0.6) is 0 Å². The number of nitrogens with one attached hydrogen (secondary N) is 1. The van der Waals surface area contributed by atoms with Crippen molar-refractivity contribution in [1.82, 2.24) is 20.1 Å². The summed E-state index contributed by atoms with van der Waals surface area (Å²) >= 11 is 0. The maximum Gasteiger partial charge on any atom is 0.254 e. The summed E-state index contributed by atoms with van der Waals surface area (Å²) in [6.07, 6.45) is 7.54. The molecule has 2 heterocycles. The molecular formula is C24H27FN4O. The number of rotatable bonds is 6. The second-order valence-electron chi connectivity index (χ2n) is 8.37. The van der Waals surface area contributed by atoms with Gasteiger partial charge in [0.1, 0.15) is 5.82 Å². The van der Waals surface area contributed by atoms with Gasteiger partial charge in [-0.2, -0.15) is 5.10 Å². The van der Waals surface area contributed by atoms with Crippen molar-refractivity contribution < 1.29 is 9.18 Å². The standard InChI is InChI=1S/C24H27FN4O/c1-17(2)22-20(15-28-29(22)21-7-3-6-14-26-21)23(30)27-16-24(12-4-5-13-24)18-8-10-19(25)11-9-18/h3,6-11,14-15,17H,4-5,12-13,16H2,1-2H3,(H,27,30). The maximum absolute atomic E-state index is 13.4. The summed E-state index contributed by atoms with van der Waals surface area (Å²) in [6.45, 7) is 4.62. The summed E-state index contributed by atoms with van der Waals surface area (Å²) < 4.78 is 15.2. The van der Waals surface area contributed by atoms with Crippen LogP contribution < -0.4 is 5.32 Å². The summed E-state index contributed by atoms with van der Waals surface area (Å²) in [4.78, 5) is 17.5. The molecule has 1 aliphatic carbocycles. The average molecular weight is 407 g/mol. The van der Waals surface area contributed by atoms with Gasteiger partial charge in [0, 0.05) is 18.2 Å². The summed E-state index contributed by atoms with van der Waals surface area (Å²) in [5, 5.41) is 7.59. The van der Waals surface area contributed by atoms with Crippen molar-refractivity contribution in [3.63, 3.8) is 0 Å². The monoisotopic (exact) mass is 406 g/mol. The number of hydrogen-bond donors (Lipinski definition) is 1. The van der Waals surface area contributed by atoms with Crippen LogP contribution in [0.3, 0.4) is 0 Å². The zero-order valence-corrected chi connectivity index (χ0v) is 17.4. The molecule has 0 radical (unpaired) electrons. The first kappa shape index (κ1) is 20.3. The van der Waals surface area contributed by atoms with Gasteiger partial charge in [0.25, 0.3) is 5.91 Å². The molecule has 1 fully saturated rings. The van der Waals surface area contributed by atoms with Crippen molar-refractivity contribution in [2.75, 3.05) is 6.54 Å². The molecule has 0 spiro atoms. The molecule has 0 unspecified atom stereocenters. The number of amides is 1. The smallest absolute Gasteiger partial charge is 0.254 e. The third-order valence-electron chi connectivity index (χ3n) is 6.07. The van der Waals surface area contributed by atoms with Crippen LogP contribution in [0.15, 0.2) is 54.9 Å². The maximum atomic E-state index is 13.4. The lowest BCUT2D eigenvalue weighted by Crippen LogP contribution is -2.39. The topological polar surface area (TPSA) is 59.8 Å². The molecule has 0 saturated heterocycles. The Bertz CT molecular complexity index is 1010. The highest BCUT2D eigenvalue weighted by Gasteiger charge is 2.36. The van der Waals surface area contributed by atoms with Crippen molar-refractivity contribution in [3.8, 4) is 5.82 Å². The van der Waals surface area contributed by atoms with Crippen LogP contribution in [0, 0.1) is 5.82 Å². The van der Waals surface area contributed by atoms with Crippen LogP contribution in [-0.2, 0) is 5.41 Å². The Morgan fingerprint density at radius 2 is 1.90 bits per heavy atom. The molecule has 1 saturated carbocycles. The van der Waals surface area contributed by atoms with Gasteiger partial charge in [-0.05, 0) is 48.6 Å². The molecule has 0 aliphatic heterocycles. The van der Waals surface area contributed by atoms with Crippen molar-refractivity contribution in [1.29, 1.82) is 0 Å². The molecule has 1 aromatic carbocycles. The first-order valence-corrected chi connectivity index (χ1v) is 10.5. The van der Waals surface area contributed by atoms with Gasteiger partial charge in [0.2, 0.25) is 0 Å². The van der Waals surface area contributed by atoms with Crippen LogP contribution in [0.2, 0.25) is 0 Å². The van der Waals surface area contributed by atoms with Crippen LogP contribution in [0.1, 0.15) is 67.1 Å². The summed E-state index contributed by atoms with van der Waals surface area (Å²) in [5.41, 5.74) is 2.37. The van der Waals surface area contributed by atoms with Gasteiger partial charge in [-0.1, -0.05) is 44.9 Å². The van der Waals surface area contributed by atoms with Gasteiger partial charge in [0.05, 0.1) is 17.5 Å². The van der Waals surface area contributed by atoms with E-state index in [4.69, 9.17) is 0 Å². The second-order valence-corrected chi connectivity index (χ2v) is 8.37. The van der Waals surface area contributed by atoms with E-state index >= 15 is 0 Å². The number of benzene rings is 1. The van der Waals surface area contributed by atoms with Crippen LogP contribution in [-0.4, -0.2) is 27.2 Å². The lowest BCUT2D eigenvalue weighted by molar-refractivity contribution is 0.0941. The van der Waals surface area contributed by atoms with Crippen molar-refractivity contribution in [2.24, 2.45) is 0 Å². The van der Waals surface area contributed by atoms with Gasteiger partial charge >= 0.3 is 0 Å². The molecule has 2 aromatic heterocycles. The molecule has 1 amide bonds. The average Bonchev–Trinajstić information content (AvgIpc) is 3.41. The predicted octanol–water partition coefficient (Wildman–Crippen LogP) is 4.77. The lowest BCUT2D eigenvalue weighted by Gasteiger charge is -2.30. The highest BCUT2D eigenvalue weighted by molar-refractivity contribution is 5.95. The number of aromatic nitrogens is 3. The molecule has 1 N–H and O–H groups in total. The first-order valence-electron chi connectivity index (χ1n) is 10.5. The summed E-state index contributed by atoms with van der Waals surface area (Å²) in [6, 6.07) is 12.3. The van der Waals surface area contributed by atoms with Crippen LogP contribution in [0.4, 0.5) is 4.39 Å². The van der Waals surface area contributed by atoms with Gasteiger partial charge < -0.3 is 5.32 Å². The fourth-order valence-corrected chi connectivity index (χ4v) is 4.52. The number of nitrogens with zero attached hydrogens (tertiary/aromatic N) is 3. The summed E-state index contributed by atoms with van der Waals surface area (Å²) in [7, 11) is 0. The van der Waals surface area contributed by atoms with E-state index in [9.17, 15) is 9.18 Å². The SMILES string of the molecule is CC(C)c1c(C(=O)NCC2(c3ccc(F)cc3)CCCC2)cnn1-c1ccccn1. The van der Waals surface area contributed by atoms with Crippen LogP contribution >= 0.6 is 0 Å². The highest BCUT2D eigenvalue weighted by Crippen LogP contribution is 2.40. The van der Waals surface area contributed by atoms with E-state index in [0.717, 1.165) is 36.9 Å². The third kappa shape index (κ3) is 3.86. The Morgan fingerprint density at radius 3 is 2.53 bits per heavy atom. The summed E-state index contributed by atoms with van der Waals surface area (Å²) in [5.74, 6) is 0.431. The predicted molar refractivity (Wildman–Crippen MR) is 114 cm³/mol. The number of carbonyl (C=O) groups is 1. The Kier molecular flexibility index (Phi) is 5.66. The van der Waals surface area contributed by atoms with Gasteiger partial charge in [0.15, 0.2) is 5.82 Å². The van der Waals surface area contributed by atoms with Crippen molar-refractivity contribution >= 4 is 5.91 Å². The van der Waals surface area contributed by atoms with Crippen molar-refractivity contribution in [2.45, 2.75) is 50.9 Å². The molecule has 0 atom stereocenters. The normalized spacial score (nSPS) is 15.5. The molecule has 3 aromatic rings. The van der Waals surface area contributed by atoms with Gasteiger partial charge in [-0.25, -0.2) is 14.1 Å². The third-order valence-corrected chi connectivity index (χ3v) is 6.07. The Morgan fingerprint density at radius 1 is 1.17 bits per heavy atom. The minimum atomic E-state index is -0.237. The molecular weight excluding hydrogens is 379 g/mol. The minimum Gasteiger partial charge on any atom is -0.351 e. The van der Waals surface area contributed by atoms with E-state index in [2.05, 4.69) is 15.4 Å². The van der Waals surface area contributed by atoms with E-state index in [0.29, 0.717) is 17.9 Å². The van der Waals surface area contributed by atoms with Crippen molar-refractivity contribution in [3.05, 3.63) is 77.5 Å². The van der Waals surface area contributed by atoms with E-state index in [-0.39, 0.29) is 23.1 Å². The molecule has 4 rings (SSSR count). The number of carbonyl (C=O) groups excluding carboxylic acids is 1. The quantitative estimate of drug-likeness (QED) is 0.641. The number of pyridine rings is 1. The second kappa shape index (κ2) is 8.38. The largest absolute Gasteiger partial charge is 0.351 e. The fraction of sp³-hybridized carbons (Fsp3) is 0.375. The molecule has 6 heteroatoms. The number of halogens is 1. The fourth-order valence-electron chi connectivity index (χ4n) is 4.52.